The molecule has 0 fully saturated rings. The summed E-state index contributed by atoms with van der Waals surface area (Å²) in [7, 11) is 0. The highest BCUT2D eigenvalue weighted by atomic mass is 19.1. The van der Waals surface area contributed by atoms with E-state index in [4.69, 9.17) is 4.98 Å². The maximum atomic E-state index is 14.2. The van der Waals surface area contributed by atoms with Crippen LogP contribution in [0.3, 0.4) is 0 Å². The number of carbonyl (C=O) groups is 3. The lowest BCUT2D eigenvalue weighted by Gasteiger charge is -2.31. The molecule has 4 N–H and O–H groups in total. The van der Waals surface area contributed by atoms with Crippen LogP contribution in [-0.4, -0.2) is 50.1 Å². The van der Waals surface area contributed by atoms with Crippen molar-refractivity contribution >= 4 is 35.1 Å². The molecule has 10 nitrogen and oxygen atoms in total. The van der Waals surface area contributed by atoms with E-state index in [1.54, 1.807) is 53.4 Å². The minimum Gasteiger partial charge on any atom is -0.465 e. The predicted octanol–water partition coefficient (Wildman–Crippen LogP) is 5.92. The van der Waals surface area contributed by atoms with Gasteiger partial charge in [0, 0.05) is 42.9 Å². The summed E-state index contributed by atoms with van der Waals surface area (Å²) in [6.07, 6.45) is 0.916. The van der Waals surface area contributed by atoms with Gasteiger partial charge in [-0.2, -0.15) is 0 Å². The largest absolute Gasteiger partial charge is 0.465 e. The molecule has 12 heteroatoms. The number of amides is 3. The van der Waals surface area contributed by atoms with Gasteiger partial charge in [-0.05, 0) is 60.5 Å². The highest BCUT2D eigenvalue weighted by Crippen LogP contribution is 2.34. The number of rotatable bonds is 11. The van der Waals surface area contributed by atoms with Crippen molar-refractivity contribution in [3.05, 3.63) is 95.8 Å². The molecule has 0 spiro atoms. The Labute approximate surface area is 259 Å². The van der Waals surface area contributed by atoms with Crippen LogP contribution >= 0.6 is 0 Å². The normalized spacial score (nSPS) is 13.1. The van der Waals surface area contributed by atoms with Crippen LogP contribution in [0.25, 0.3) is 11.3 Å². The van der Waals surface area contributed by atoms with Crippen LogP contribution in [0, 0.1) is 11.6 Å². The first kappa shape index (κ1) is 31.2. The third-order valence-corrected chi connectivity index (χ3v) is 7.52. The van der Waals surface area contributed by atoms with E-state index in [1.807, 2.05) is 11.5 Å². The van der Waals surface area contributed by atoms with E-state index in [0.717, 1.165) is 12.8 Å². The minimum atomic E-state index is -1.33. The van der Waals surface area contributed by atoms with Gasteiger partial charge in [-0.3, -0.25) is 9.59 Å². The summed E-state index contributed by atoms with van der Waals surface area (Å²) in [5, 5.41) is 18.0. The zero-order chi connectivity index (χ0) is 31.9. The molecule has 0 aliphatic carbocycles. The molecule has 1 aliphatic rings. The van der Waals surface area contributed by atoms with Crippen LogP contribution in [0.5, 0.6) is 0 Å². The topological polar surface area (TPSA) is 129 Å². The molecule has 1 aromatic heterocycles. The molecule has 0 bridgehead atoms. The maximum Gasteiger partial charge on any atom is 0.405 e. The number of carboxylic acid groups (broad SMARTS) is 1. The lowest BCUT2D eigenvalue weighted by Crippen LogP contribution is -2.51. The first-order valence-electron chi connectivity index (χ1n) is 14.7. The number of imidazole rings is 1. The van der Waals surface area contributed by atoms with Crippen LogP contribution in [0.4, 0.5) is 30.8 Å². The van der Waals surface area contributed by atoms with Gasteiger partial charge in [0.2, 0.25) is 11.8 Å². The van der Waals surface area contributed by atoms with Gasteiger partial charge in [-0.15, -0.1) is 0 Å². The summed E-state index contributed by atoms with van der Waals surface area (Å²) < 4.78 is 29.6. The number of halogens is 2. The number of nitrogens with zero attached hydrogens (tertiary/aromatic N) is 3. The standard InChI is InChI=1S/C33H34F2N6O4/c1-2-3-7-29(42)36-25-12-8-21(9-13-25)18-27(38-33(44)45)32(43)40-16-17-41-28(20-40)39-30(22-5-4-6-24(35)19-22)31(41)37-26-14-10-23(34)11-15-26/h4-6,8-15,19,27,37-38H,2-3,7,16-18,20H2,1H3,(H,36,42)(H,44,45)/t27-/m0/s1. The molecule has 0 saturated carbocycles. The number of hydrogen-bond acceptors (Lipinski definition) is 5. The lowest BCUT2D eigenvalue weighted by atomic mass is 10.0. The van der Waals surface area contributed by atoms with Gasteiger partial charge in [0.25, 0.3) is 0 Å². The van der Waals surface area contributed by atoms with Crippen molar-refractivity contribution in [2.45, 2.75) is 51.7 Å². The van der Waals surface area contributed by atoms with Gasteiger partial charge in [0.1, 0.15) is 35.0 Å². The van der Waals surface area contributed by atoms with E-state index in [2.05, 4.69) is 16.0 Å². The zero-order valence-corrected chi connectivity index (χ0v) is 24.7. The fourth-order valence-electron chi connectivity index (χ4n) is 5.24. The van der Waals surface area contributed by atoms with Gasteiger partial charge in [-0.1, -0.05) is 37.6 Å². The van der Waals surface area contributed by atoms with Crippen LogP contribution in [-0.2, 0) is 29.1 Å². The number of hydrogen-bond donors (Lipinski definition) is 4. The molecule has 4 aromatic rings. The Bertz CT molecular complexity index is 1670. The number of unbranched alkanes of at least 4 members (excludes halogenated alkanes) is 1. The summed E-state index contributed by atoms with van der Waals surface area (Å²) >= 11 is 0. The van der Waals surface area contributed by atoms with Crippen molar-refractivity contribution in [3.8, 4) is 11.3 Å². The Morgan fingerprint density at radius 2 is 1.69 bits per heavy atom. The number of fused-ring (bicyclic) bond motifs is 1. The Hall–Kier alpha value is -5.26. The highest BCUT2D eigenvalue weighted by molar-refractivity contribution is 5.90. The SMILES string of the molecule is CCCCC(=O)Nc1ccc(C[C@H](NC(=O)O)C(=O)N2CCn3c(nc(-c4cccc(F)c4)c3Nc3ccc(F)cc3)C2)cc1. The summed E-state index contributed by atoms with van der Waals surface area (Å²) in [4.78, 5) is 43.7. The van der Waals surface area contributed by atoms with E-state index in [1.165, 1.54) is 24.3 Å². The molecule has 1 atom stereocenters. The van der Waals surface area contributed by atoms with Crippen molar-refractivity contribution < 1.29 is 28.3 Å². The number of aromatic nitrogens is 2. The second kappa shape index (κ2) is 14.0. The van der Waals surface area contributed by atoms with Crippen LogP contribution in [0.15, 0.2) is 72.8 Å². The van der Waals surface area contributed by atoms with Crippen LogP contribution < -0.4 is 16.0 Å². The summed E-state index contributed by atoms with van der Waals surface area (Å²) in [5.41, 5.74) is 2.93. The number of anilines is 3. The van der Waals surface area contributed by atoms with Crippen molar-refractivity contribution in [3.63, 3.8) is 0 Å². The molecule has 0 unspecified atom stereocenters. The van der Waals surface area contributed by atoms with E-state index in [9.17, 15) is 28.3 Å². The average Bonchev–Trinajstić information content (AvgIpc) is 3.38. The Kier molecular flexibility index (Phi) is 9.71. The summed E-state index contributed by atoms with van der Waals surface area (Å²) in [6, 6.07) is 17.7. The molecule has 5 rings (SSSR count). The fourth-order valence-corrected chi connectivity index (χ4v) is 5.24. The number of benzene rings is 3. The maximum absolute atomic E-state index is 14.2. The van der Waals surface area contributed by atoms with Gasteiger partial charge in [0.15, 0.2) is 0 Å². The quantitative estimate of drug-likeness (QED) is 0.166. The molecule has 1 aliphatic heterocycles. The Morgan fingerprint density at radius 1 is 0.956 bits per heavy atom. The van der Waals surface area contributed by atoms with E-state index < -0.39 is 23.9 Å². The Morgan fingerprint density at radius 3 is 2.38 bits per heavy atom. The van der Waals surface area contributed by atoms with Gasteiger partial charge in [0.05, 0.1) is 6.54 Å². The predicted molar refractivity (Wildman–Crippen MR) is 166 cm³/mol. The van der Waals surface area contributed by atoms with Gasteiger partial charge in [-0.25, -0.2) is 18.6 Å². The van der Waals surface area contributed by atoms with Crippen molar-refractivity contribution in [1.29, 1.82) is 0 Å². The monoisotopic (exact) mass is 616 g/mol. The van der Waals surface area contributed by atoms with Crippen molar-refractivity contribution in [2.75, 3.05) is 17.2 Å². The molecule has 234 valence electrons. The average molecular weight is 617 g/mol. The zero-order valence-electron chi connectivity index (χ0n) is 24.7. The van der Waals surface area contributed by atoms with Crippen LogP contribution in [0.1, 0.15) is 37.6 Å². The second-order valence-electron chi connectivity index (χ2n) is 10.8. The smallest absolute Gasteiger partial charge is 0.405 e. The minimum absolute atomic E-state index is 0.0785. The number of nitrogens with one attached hydrogen (secondary N) is 3. The third-order valence-electron chi connectivity index (χ3n) is 7.52. The molecule has 3 amide bonds. The first-order chi connectivity index (χ1) is 21.7. The van der Waals surface area contributed by atoms with E-state index in [0.29, 0.717) is 52.8 Å². The Balaban J connectivity index is 1.35. The molecule has 0 saturated heterocycles. The molecule has 3 aromatic carbocycles. The van der Waals surface area contributed by atoms with Crippen molar-refractivity contribution in [1.82, 2.24) is 19.8 Å². The number of carbonyl (C=O) groups excluding carboxylic acids is 2. The molecular weight excluding hydrogens is 582 g/mol. The van der Waals surface area contributed by atoms with E-state index in [-0.39, 0.29) is 31.2 Å². The third kappa shape index (κ3) is 7.83. The summed E-state index contributed by atoms with van der Waals surface area (Å²) in [6.45, 7) is 2.70. The fraction of sp³-hybridized carbons (Fsp3) is 0.273. The van der Waals surface area contributed by atoms with E-state index >= 15 is 0 Å². The molecule has 45 heavy (non-hydrogen) atoms. The highest BCUT2D eigenvalue weighted by Gasteiger charge is 2.32. The molecule has 2 heterocycles. The van der Waals surface area contributed by atoms with Crippen LogP contribution in [0.2, 0.25) is 0 Å². The molecular formula is C33H34F2N6O4. The molecule has 0 radical (unpaired) electrons. The first-order valence-corrected chi connectivity index (χ1v) is 14.7. The van der Waals surface area contributed by atoms with Gasteiger partial charge >= 0.3 is 6.09 Å². The van der Waals surface area contributed by atoms with Crippen molar-refractivity contribution in [2.24, 2.45) is 0 Å². The lowest BCUT2D eigenvalue weighted by molar-refractivity contribution is -0.134. The van der Waals surface area contributed by atoms with Gasteiger partial charge < -0.3 is 30.5 Å². The summed E-state index contributed by atoms with van der Waals surface area (Å²) in [5.74, 6) is -0.219. The second-order valence-corrected chi connectivity index (χ2v) is 10.8.